The number of halogens is 2. The van der Waals surface area contributed by atoms with Crippen LogP contribution in [0.2, 0.25) is 0 Å². The fourth-order valence-electron chi connectivity index (χ4n) is 1.13. The standard InChI is InChI=1S/C12H13F2NO/c1-16-9-7-11(13)10(12(14)8-9)5-3-2-4-6-15/h7-8H,2,4,6,15H2,1H3. The minimum atomic E-state index is -0.711. The molecule has 0 bridgehead atoms. The van der Waals surface area contributed by atoms with E-state index in [1.165, 1.54) is 7.11 Å². The van der Waals surface area contributed by atoms with Crippen LogP contribution in [-0.2, 0) is 0 Å². The number of rotatable bonds is 3. The molecule has 1 aromatic carbocycles. The molecule has 16 heavy (non-hydrogen) atoms. The molecule has 2 nitrogen and oxygen atoms in total. The molecule has 1 aromatic rings. The van der Waals surface area contributed by atoms with Gasteiger partial charge in [0.05, 0.1) is 12.7 Å². The zero-order chi connectivity index (χ0) is 12.0. The third kappa shape index (κ3) is 3.21. The van der Waals surface area contributed by atoms with Gasteiger partial charge in [0.15, 0.2) is 0 Å². The maximum Gasteiger partial charge on any atom is 0.145 e. The van der Waals surface area contributed by atoms with Crippen LogP contribution in [0.3, 0.4) is 0 Å². The van der Waals surface area contributed by atoms with E-state index in [0.29, 0.717) is 19.4 Å². The lowest BCUT2D eigenvalue weighted by atomic mass is 10.2. The number of benzene rings is 1. The molecule has 0 saturated heterocycles. The van der Waals surface area contributed by atoms with Gasteiger partial charge in [-0.3, -0.25) is 0 Å². The molecule has 0 amide bonds. The van der Waals surface area contributed by atoms with Crippen LogP contribution in [0.5, 0.6) is 5.75 Å². The third-order valence-corrected chi connectivity index (χ3v) is 1.97. The topological polar surface area (TPSA) is 35.2 Å². The van der Waals surface area contributed by atoms with Crippen LogP contribution in [0.15, 0.2) is 12.1 Å². The van der Waals surface area contributed by atoms with Crippen molar-refractivity contribution in [3.63, 3.8) is 0 Å². The number of ether oxygens (including phenoxy) is 1. The first-order chi connectivity index (χ1) is 7.69. The van der Waals surface area contributed by atoms with E-state index >= 15 is 0 Å². The van der Waals surface area contributed by atoms with Gasteiger partial charge in [-0.25, -0.2) is 8.78 Å². The summed E-state index contributed by atoms with van der Waals surface area (Å²) in [7, 11) is 1.35. The van der Waals surface area contributed by atoms with Crippen molar-refractivity contribution >= 4 is 0 Å². The van der Waals surface area contributed by atoms with Crippen LogP contribution in [0.25, 0.3) is 0 Å². The monoisotopic (exact) mass is 225 g/mol. The maximum atomic E-state index is 13.4. The molecular formula is C12H13F2NO. The Morgan fingerprint density at radius 2 is 1.94 bits per heavy atom. The van der Waals surface area contributed by atoms with Crippen LogP contribution in [0, 0.1) is 23.5 Å². The van der Waals surface area contributed by atoms with E-state index in [4.69, 9.17) is 10.5 Å². The van der Waals surface area contributed by atoms with E-state index in [9.17, 15) is 8.78 Å². The summed E-state index contributed by atoms with van der Waals surface area (Å²) in [6.07, 6.45) is 1.24. The number of hydrogen-bond donors (Lipinski definition) is 1. The number of nitrogens with two attached hydrogens (primary N) is 1. The Balaban J connectivity index is 2.90. The quantitative estimate of drug-likeness (QED) is 0.631. The first-order valence-corrected chi connectivity index (χ1v) is 4.91. The highest BCUT2D eigenvalue weighted by atomic mass is 19.1. The van der Waals surface area contributed by atoms with Crippen molar-refractivity contribution in [2.45, 2.75) is 12.8 Å². The van der Waals surface area contributed by atoms with Crippen LogP contribution < -0.4 is 10.5 Å². The lowest BCUT2D eigenvalue weighted by Gasteiger charge is -2.02. The average molecular weight is 225 g/mol. The van der Waals surface area contributed by atoms with Gasteiger partial charge >= 0.3 is 0 Å². The fraction of sp³-hybridized carbons (Fsp3) is 0.333. The van der Waals surface area contributed by atoms with Gasteiger partial charge in [0.25, 0.3) is 0 Å². The maximum absolute atomic E-state index is 13.4. The fourth-order valence-corrected chi connectivity index (χ4v) is 1.13. The lowest BCUT2D eigenvalue weighted by Crippen LogP contribution is -1.97. The number of hydrogen-bond acceptors (Lipinski definition) is 2. The molecule has 0 spiro atoms. The molecule has 0 aliphatic carbocycles. The van der Waals surface area contributed by atoms with Crippen molar-refractivity contribution in [3.8, 4) is 17.6 Å². The van der Waals surface area contributed by atoms with Crippen LogP contribution in [0.4, 0.5) is 8.78 Å². The van der Waals surface area contributed by atoms with Crippen LogP contribution in [-0.4, -0.2) is 13.7 Å². The Morgan fingerprint density at radius 3 is 2.44 bits per heavy atom. The normalized spacial score (nSPS) is 9.50. The van der Waals surface area contributed by atoms with Gasteiger partial charge in [-0.1, -0.05) is 11.8 Å². The molecule has 0 radical (unpaired) electrons. The summed E-state index contributed by atoms with van der Waals surface area (Å²) in [6.45, 7) is 0.516. The molecule has 86 valence electrons. The Morgan fingerprint density at radius 1 is 1.31 bits per heavy atom. The summed E-state index contributed by atoms with van der Waals surface area (Å²) in [5, 5.41) is 0. The van der Waals surface area contributed by atoms with Crippen molar-refractivity contribution in [1.82, 2.24) is 0 Å². The molecule has 4 heteroatoms. The highest BCUT2D eigenvalue weighted by Gasteiger charge is 2.08. The molecule has 0 saturated carbocycles. The lowest BCUT2D eigenvalue weighted by molar-refractivity contribution is 0.406. The Labute approximate surface area is 93.4 Å². The van der Waals surface area contributed by atoms with E-state index in [-0.39, 0.29) is 11.3 Å². The Bertz CT molecular complexity index is 398. The Hall–Kier alpha value is -1.60. The molecule has 0 aliphatic heterocycles. The van der Waals surface area contributed by atoms with Gasteiger partial charge in [-0.2, -0.15) is 0 Å². The summed E-state index contributed by atoms with van der Waals surface area (Å²) in [4.78, 5) is 0. The van der Waals surface area contributed by atoms with Crippen molar-refractivity contribution in [2.75, 3.05) is 13.7 Å². The molecule has 0 unspecified atom stereocenters. The Kier molecular flexibility index (Phi) is 4.74. The van der Waals surface area contributed by atoms with E-state index in [1.807, 2.05) is 0 Å². The first-order valence-electron chi connectivity index (χ1n) is 4.91. The van der Waals surface area contributed by atoms with Crippen molar-refractivity contribution in [1.29, 1.82) is 0 Å². The van der Waals surface area contributed by atoms with Gasteiger partial charge < -0.3 is 10.5 Å². The molecule has 2 N–H and O–H groups in total. The second-order valence-electron chi connectivity index (χ2n) is 3.16. The first kappa shape index (κ1) is 12.5. The van der Waals surface area contributed by atoms with Crippen molar-refractivity contribution in [3.05, 3.63) is 29.3 Å². The SMILES string of the molecule is COc1cc(F)c(C#CCCCN)c(F)c1. The molecule has 0 heterocycles. The molecule has 0 aliphatic rings. The highest BCUT2D eigenvalue weighted by molar-refractivity contribution is 5.41. The summed E-state index contributed by atoms with van der Waals surface area (Å²) < 4.78 is 31.4. The molecule has 0 aromatic heterocycles. The van der Waals surface area contributed by atoms with Crippen LogP contribution >= 0.6 is 0 Å². The van der Waals surface area contributed by atoms with Gasteiger partial charge in [0.2, 0.25) is 0 Å². The van der Waals surface area contributed by atoms with Gasteiger partial charge in [0, 0.05) is 18.6 Å². The minimum absolute atomic E-state index is 0.141. The highest BCUT2D eigenvalue weighted by Crippen LogP contribution is 2.19. The number of methoxy groups -OCH3 is 1. The van der Waals surface area contributed by atoms with E-state index in [1.54, 1.807) is 0 Å². The smallest absolute Gasteiger partial charge is 0.145 e. The second kappa shape index (κ2) is 6.09. The molecule has 0 fully saturated rings. The predicted octanol–water partition coefficient (Wildman–Crippen LogP) is 2.06. The van der Waals surface area contributed by atoms with E-state index in [0.717, 1.165) is 12.1 Å². The van der Waals surface area contributed by atoms with Crippen molar-refractivity contribution < 1.29 is 13.5 Å². The zero-order valence-electron chi connectivity index (χ0n) is 9.02. The minimum Gasteiger partial charge on any atom is -0.497 e. The van der Waals surface area contributed by atoms with Crippen molar-refractivity contribution in [2.24, 2.45) is 5.73 Å². The van der Waals surface area contributed by atoms with Gasteiger partial charge in [0.1, 0.15) is 17.4 Å². The summed E-state index contributed by atoms with van der Waals surface area (Å²) in [6, 6.07) is 2.21. The number of unbranched alkanes of at least 4 members (excludes halogenated alkanes) is 1. The summed E-state index contributed by atoms with van der Waals surface area (Å²) in [5.74, 6) is 3.85. The van der Waals surface area contributed by atoms with E-state index < -0.39 is 11.6 Å². The predicted molar refractivity (Wildman–Crippen MR) is 58.1 cm³/mol. The summed E-state index contributed by atoms with van der Waals surface area (Å²) >= 11 is 0. The average Bonchev–Trinajstić information content (AvgIpc) is 2.26. The molecular weight excluding hydrogens is 212 g/mol. The zero-order valence-corrected chi connectivity index (χ0v) is 9.02. The summed E-state index contributed by atoms with van der Waals surface area (Å²) in [5.41, 5.74) is 5.05. The van der Waals surface area contributed by atoms with Crippen LogP contribution in [0.1, 0.15) is 18.4 Å². The molecule has 0 atom stereocenters. The van der Waals surface area contributed by atoms with Gasteiger partial charge in [-0.15, -0.1) is 0 Å². The molecule has 1 rings (SSSR count). The second-order valence-corrected chi connectivity index (χ2v) is 3.16. The third-order valence-electron chi connectivity index (χ3n) is 1.97. The van der Waals surface area contributed by atoms with E-state index in [2.05, 4.69) is 11.8 Å². The largest absolute Gasteiger partial charge is 0.497 e. The van der Waals surface area contributed by atoms with Gasteiger partial charge in [-0.05, 0) is 13.0 Å².